The van der Waals surface area contributed by atoms with Gasteiger partial charge in [0, 0.05) is 0 Å². The first-order valence-electron chi connectivity index (χ1n) is 6.14. The van der Waals surface area contributed by atoms with E-state index in [2.05, 4.69) is 18.2 Å². The van der Waals surface area contributed by atoms with Crippen molar-refractivity contribution < 1.29 is 4.74 Å². The van der Waals surface area contributed by atoms with E-state index in [0.29, 0.717) is 6.10 Å². The molecule has 3 rings (SSSR count). The van der Waals surface area contributed by atoms with E-state index in [1.165, 1.54) is 44.1 Å². The van der Waals surface area contributed by atoms with Gasteiger partial charge in [0.1, 0.15) is 0 Å². The van der Waals surface area contributed by atoms with E-state index >= 15 is 0 Å². The van der Waals surface area contributed by atoms with Crippen molar-refractivity contribution in [3.05, 3.63) is 34.9 Å². The molecular weight excluding hydrogens is 184 g/mol. The van der Waals surface area contributed by atoms with E-state index in [1.807, 2.05) is 0 Å². The van der Waals surface area contributed by atoms with Crippen LogP contribution in [0.15, 0.2) is 18.2 Å². The molecule has 1 nitrogen and oxygen atoms in total. The van der Waals surface area contributed by atoms with Crippen LogP contribution in [0.4, 0.5) is 0 Å². The second-order valence-electron chi connectivity index (χ2n) is 4.80. The molecule has 1 fully saturated rings. The van der Waals surface area contributed by atoms with Gasteiger partial charge in [-0.3, -0.25) is 0 Å². The van der Waals surface area contributed by atoms with Gasteiger partial charge in [-0.1, -0.05) is 18.2 Å². The Hall–Kier alpha value is -0.820. The third-order valence-corrected chi connectivity index (χ3v) is 3.57. The maximum absolute atomic E-state index is 5.24. The van der Waals surface area contributed by atoms with E-state index in [1.54, 1.807) is 11.1 Å². The Morgan fingerprint density at radius 3 is 2.73 bits per heavy atom. The van der Waals surface area contributed by atoms with E-state index < -0.39 is 0 Å². The maximum atomic E-state index is 5.24. The third-order valence-electron chi connectivity index (χ3n) is 3.57. The number of fused-ring (bicyclic) bond motifs is 1. The van der Waals surface area contributed by atoms with Crippen LogP contribution in [-0.4, -0.2) is 12.7 Å². The summed E-state index contributed by atoms with van der Waals surface area (Å²) in [4.78, 5) is 0. The average molecular weight is 202 g/mol. The quantitative estimate of drug-likeness (QED) is 0.687. The van der Waals surface area contributed by atoms with Crippen molar-refractivity contribution in [1.29, 1.82) is 0 Å². The summed E-state index contributed by atoms with van der Waals surface area (Å²) in [6, 6.07) is 7.08. The largest absolute Gasteiger partial charge is 0.373 e. The number of aryl methyl sites for hydroxylation is 3. The molecular formula is C14H18O. The van der Waals surface area contributed by atoms with E-state index in [0.717, 1.165) is 6.61 Å². The van der Waals surface area contributed by atoms with Crippen LogP contribution >= 0.6 is 0 Å². The van der Waals surface area contributed by atoms with Gasteiger partial charge in [0.05, 0.1) is 12.7 Å². The summed E-state index contributed by atoms with van der Waals surface area (Å²) in [6.45, 7) is 0.991. The summed E-state index contributed by atoms with van der Waals surface area (Å²) in [6.07, 6.45) is 8.31. The lowest BCUT2D eigenvalue weighted by molar-refractivity contribution is 0.397. The van der Waals surface area contributed by atoms with Gasteiger partial charge < -0.3 is 4.74 Å². The molecule has 1 aliphatic carbocycles. The van der Waals surface area contributed by atoms with Crippen LogP contribution in [0.25, 0.3) is 0 Å². The van der Waals surface area contributed by atoms with Gasteiger partial charge in [-0.2, -0.15) is 0 Å². The summed E-state index contributed by atoms with van der Waals surface area (Å²) in [5, 5.41) is 0. The Bertz CT molecular complexity index is 352. The van der Waals surface area contributed by atoms with Gasteiger partial charge in [-0.25, -0.2) is 0 Å². The molecule has 1 aliphatic heterocycles. The molecule has 15 heavy (non-hydrogen) atoms. The number of hydrogen-bond donors (Lipinski definition) is 0. The van der Waals surface area contributed by atoms with Gasteiger partial charge in [0.25, 0.3) is 0 Å². The predicted octanol–water partition coefficient (Wildman–Crippen LogP) is 2.90. The second-order valence-corrected chi connectivity index (χ2v) is 4.80. The number of rotatable bonds is 3. The van der Waals surface area contributed by atoms with Crippen LogP contribution < -0.4 is 0 Å². The highest BCUT2D eigenvalue weighted by atomic mass is 16.6. The fourth-order valence-corrected chi connectivity index (χ4v) is 2.50. The molecule has 1 unspecified atom stereocenters. The van der Waals surface area contributed by atoms with Crippen molar-refractivity contribution >= 4 is 0 Å². The second kappa shape index (κ2) is 3.97. The van der Waals surface area contributed by atoms with E-state index in [-0.39, 0.29) is 0 Å². The lowest BCUT2D eigenvalue weighted by Crippen LogP contribution is -2.03. The Balaban J connectivity index is 1.71. The van der Waals surface area contributed by atoms with Crippen LogP contribution in [0.1, 0.15) is 36.0 Å². The lowest BCUT2D eigenvalue weighted by atomic mass is 9.89. The molecule has 80 valence electrons. The first-order chi connectivity index (χ1) is 7.42. The fraction of sp³-hybridized carbons (Fsp3) is 0.571. The first-order valence-corrected chi connectivity index (χ1v) is 6.14. The molecule has 0 saturated carbocycles. The smallest absolute Gasteiger partial charge is 0.0813 e. The molecule has 0 aromatic heterocycles. The standard InChI is InChI=1S/C14H18O/c1-2-4-13-9-11(5-7-12(13)3-1)6-8-14-10-15-14/h5,7,9,14H,1-4,6,8,10H2. The molecule has 1 atom stereocenters. The fourth-order valence-electron chi connectivity index (χ4n) is 2.50. The van der Waals surface area contributed by atoms with Crippen LogP contribution in [0.5, 0.6) is 0 Å². The molecule has 2 aliphatic rings. The Kier molecular flexibility index (Phi) is 2.49. The van der Waals surface area contributed by atoms with Crippen molar-refractivity contribution in [2.75, 3.05) is 6.61 Å². The number of epoxide rings is 1. The Labute approximate surface area is 91.5 Å². The maximum Gasteiger partial charge on any atom is 0.0813 e. The van der Waals surface area contributed by atoms with Crippen molar-refractivity contribution in [2.45, 2.75) is 44.6 Å². The molecule has 0 bridgehead atoms. The monoisotopic (exact) mass is 202 g/mol. The summed E-state index contributed by atoms with van der Waals surface area (Å²) in [5.74, 6) is 0. The summed E-state index contributed by atoms with van der Waals surface area (Å²) < 4.78 is 5.24. The predicted molar refractivity (Wildman–Crippen MR) is 61.1 cm³/mol. The Morgan fingerprint density at radius 2 is 1.93 bits per heavy atom. The normalized spacial score (nSPS) is 23.6. The SMILES string of the molecule is c1cc2c(cc1CCC1CO1)CCCC2. The van der Waals surface area contributed by atoms with Crippen molar-refractivity contribution in [2.24, 2.45) is 0 Å². The highest BCUT2D eigenvalue weighted by Crippen LogP contribution is 2.24. The molecule has 1 heterocycles. The molecule has 1 saturated heterocycles. The topological polar surface area (TPSA) is 12.5 Å². The van der Waals surface area contributed by atoms with Crippen LogP contribution in [0.2, 0.25) is 0 Å². The van der Waals surface area contributed by atoms with Crippen molar-refractivity contribution in [1.82, 2.24) is 0 Å². The molecule has 1 aromatic rings. The number of ether oxygens (including phenoxy) is 1. The van der Waals surface area contributed by atoms with Crippen LogP contribution in [-0.2, 0) is 24.0 Å². The van der Waals surface area contributed by atoms with Gasteiger partial charge in [-0.05, 0) is 55.2 Å². The van der Waals surface area contributed by atoms with Crippen LogP contribution in [0, 0.1) is 0 Å². The van der Waals surface area contributed by atoms with Gasteiger partial charge in [-0.15, -0.1) is 0 Å². The number of hydrogen-bond acceptors (Lipinski definition) is 1. The van der Waals surface area contributed by atoms with Gasteiger partial charge in [0.15, 0.2) is 0 Å². The molecule has 0 amide bonds. The van der Waals surface area contributed by atoms with Gasteiger partial charge in [0.2, 0.25) is 0 Å². The highest BCUT2D eigenvalue weighted by molar-refractivity contribution is 5.33. The average Bonchev–Trinajstić information content (AvgIpc) is 3.10. The van der Waals surface area contributed by atoms with Crippen molar-refractivity contribution in [3.63, 3.8) is 0 Å². The Morgan fingerprint density at radius 1 is 1.13 bits per heavy atom. The molecule has 0 radical (unpaired) electrons. The zero-order valence-electron chi connectivity index (χ0n) is 9.17. The molecule has 1 heteroatoms. The highest BCUT2D eigenvalue weighted by Gasteiger charge is 2.21. The zero-order chi connectivity index (χ0) is 10.1. The summed E-state index contributed by atoms with van der Waals surface area (Å²) in [7, 11) is 0. The van der Waals surface area contributed by atoms with Gasteiger partial charge >= 0.3 is 0 Å². The van der Waals surface area contributed by atoms with E-state index in [4.69, 9.17) is 4.74 Å². The minimum Gasteiger partial charge on any atom is -0.373 e. The zero-order valence-corrected chi connectivity index (χ0v) is 9.17. The van der Waals surface area contributed by atoms with Crippen LogP contribution in [0.3, 0.4) is 0 Å². The first kappa shape index (κ1) is 9.41. The lowest BCUT2D eigenvalue weighted by Gasteiger charge is -2.16. The molecule has 0 spiro atoms. The minimum absolute atomic E-state index is 0.570. The third kappa shape index (κ3) is 2.23. The molecule has 0 N–H and O–H groups in total. The summed E-state index contributed by atoms with van der Waals surface area (Å²) in [5.41, 5.74) is 4.70. The van der Waals surface area contributed by atoms with E-state index in [9.17, 15) is 0 Å². The van der Waals surface area contributed by atoms with Crippen molar-refractivity contribution in [3.8, 4) is 0 Å². The number of benzene rings is 1. The minimum atomic E-state index is 0.570. The molecule has 1 aromatic carbocycles. The summed E-state index contributed by atoms with van der Waals surface area (Å²) >= 11 is 0.